The van der Waals surface area contributed by atoms with E-state index in [4.69, 9.17) is 0 Å². The van der Waals surface area contributed by atoms with Gasteiger partial charge in [0.1, 0.15) is 0 Å². The third kappa shape index (κ3) is 3.30. The van der Waals surface area contributed by atoms with E-state index in [1.165, 1.54) is 4.90 Å². The Morgan fingerprint density at radius 1 is 0.857 bits per heavy atom. The van der Waals surface area contributed by atoms with Crippen LogP contribution in [0.5, 0.6) is 0 Å². The maximum atomic E-state index is 12.7. The van der Waals surface area contributed by atoms with Crippen LogP contribution >= 0.6 is 0 Å². The Hall–Kier alpha value is -2.67. The molecule has 2 atom stereocenters. The van der Waals surface area contributed by atoms with Crippen LogP contribution < -0.4 is 9.62 Å². The molecule has 2 aromatic rings. The van der Waals surface area contributed by atoms with Gasteiger partial charge in [-0.25, -0.2) is 8.42 Å². The average molecular weight is 398 g/mol. The van der Waals surface area contributed by atoms with Crippen LogP contribution in [0.3, 0.4) is 0 Å². The van der Waals surface area contributed by atoms with Crippen molar-refractivity contribution < 1.29 is 18.0 Å². The lowest BCUT2D eigenvalue weighted by molar-refractivity contribution is -0.122. The van der Waals surface area contributed by atoms with Crippen LogP contribution in [0.2, 0.25) is 0 Å². The largest absolute Gasteiger partial charge is 0.280 e. The molecule has 0 spiro atoms. The van der Waals surface area contributed by atoms with Crippen molar-refractivity contribution in [3.05, 3.63) is 54.1 Å². The van der Waals surface area contributed by atoms with Gasteiger partial charge in [0.05, 0.1) is 22.4 Å². The second-order valence-corrected chi connectivity index (χ2v) is 9.16. The van der Waals surface area contributed by atoms with Crippen molar-refractivity contribution in [3.63, 3.8) is 0 Å². The minimum atomic E-state index is -3.70. The van der Waals surface area contributed by atoms with Crippen molar-refractivity contribution >= 4 is 33.2 Å². The molecule has 2 aromatic carbocycles. The lowest BCUT2D eigenvalue weighted by atomic mass is 9.81. The highest BCUT2D eigenvalue weighted by Gasteiger charge is 2.48. The first kappa shape index (κ1) is 18.7. The van der Waals surface area contributed by atoms with Crippen molar-refractivity contribution in [1.29, 1.82) is 0 Å². The first-order valence-corrected chi connectivity index (χ1v) is 10.9. The van der Waals surface area contributed by atoms with E-state index in [0.29, 0.717) is 11.4 Å². The number of carbonyl (C=O) groups excluding carboxylic acids is 2. The third-order valence-electron chi connectivity index (χ3n) is 5.55. The molecule has 2 amide bonds. The molecule has 2 fully saturated rings. The Balaban J connectivity index is 1.53. The number of aryl methyl sites for hydroxylation is 1. The standard InChI is InChI=1S/C21H22N2O4S/c1-14-6-12-17(13-7-14)28(26,27)22-15-8-10-16(11-9-15)23-20(24)18-4-2-3-5-19(18)21(23)25/h6-13,18-19,22H,2-5H2,1H3. The van der Waals surface area contributed by atoms with Crippen LogP contribution in [0.25, 0.3) is 0 Å². The van der Waals surface area contributed by atoms with Crippen LogP contribution in [0.1, 0.15) is 31.2 Å². The number of benzene rings is 2. The Bertz CT molecular complexity index is 989. The molecule has 1 N–H and O–H groups in total. The van der Waals surface area contributed by atoms with Crippen molar-refractivity contribution in [1.82, 2.24) is 0 Å². The number of rotatable bonds is 4. The molecule has 6 nitrogen and oxygen atoms in total. The fourth-order valence-electron chi connectivity index (χ4n) is 4.03. The van der Waals surface area contributed by atoms with Gasteiger partial charge in [0.25, 0.3) is 10.0 Å². The lowest BCUT2D eigenvalue weighted by Crippen LogP contribution is -2.30. The molecule has 1 heterocycles. The number of carbonyl (C=O) groups is 2. The molecule has 2 unspecified atom stereocenters. The summed E-state index contributed by atoms with van der Waals surface area (Å²) in [6, 6.07) is 12.9. The van der Waals surface area contributed by atoms with E-state index in [9.17, 15) is 18.0 Å². The zero-order chi connectivity index (χ0) is 19.9. The number of imide groups is 1. The van der Waals surface area contributed by atoms with Crippen molar-refractivity contribution in [2.75, 3.05) is 9.62 Å². The summed E-state index contributed by atoms with van der Waals surface area (Å²) < 4.78 is 27.5. The third-order valence-corrected chi connectivity index (χ3v) is 6.95. The van der Waals surface area contributed by atoms with Crippen LogP contribution in [-0.2, 0) is 19.6 Å². The second-order valence-electron chi connectivity index (χ2n) is 7.47. The maximum absolute atomic E-state index is 12.7. The molecule has 4 rings (SSSR count). The summed E-state index contributed by atoms with van der Waals surface area (Å²) in [6.45, 7) is 1.89. The van der Waals surface area contributed by atoms with E-state index in [-0.39, 0.29) is 28.5 Å². The van der Waals surface area contributed by atoms with Crippen molar-refractivity contribution in [3.8, 4) is 0 Å². The van der Waals surface area contributed by atoms with Gasteiger partial charge in [-0.1, -0.05) is 30.5 Å². The summed E-state index contributed by atoms with van der Waals surface area (Å²) in [5.74, 6) is -0.688. The molecule has 0 aromatic heterocycles. The Kier molecular flexibility index (Phi) is 4.71. The summed E-state index contributed by atoms with van der Waals surface area (Å²) in [7, 11) is -3.70. The molecule has 2 aliphatic rings. The van der Waals surface area contributed by atoms with Gasteiger partial charge in [-0.15, -0.1) is 0 Å². The fourth-order valence-corrected chi connectivity index (χ4v) is 5.09. The van der Waals surface area contributed by atoms with Gasteiger partial charge in [0, 0.05) is 5.69 Å². The van der Waals surface area contributed by atoms with Gasteiger partial charge in [-0.2, -0.15) is 0 Å². The predicted octanol–water partition coefficient (Wildman–Crippen LogP) is 3.48. The van der Waals surface area contributed by atoms with E-state index in [0.717, 1.165) is 31.2 Å². The molecule has 7 heteroatoms. The number of hydrogen-bond donors (Lipinski definition) is 1. The molecule has 1 aliphatic carbocycles. The van der Waals surface area contributed by atoms with Gasteiger partial charge in [-0.3, -0.25) is 19.2 Å². The summed E-state index contributed by atoms with van der Waals surface area (Å²) >= 11 is 0. The monoisotopic (exact) mass is 398 g/mol. The number of amides is 2. The number of sulfonamides is 1. The molecule has 146 valence electrons. The zero-order valence-corrected chi connectivity index (χ0v) is 16.4. The van der Waals surface area contributed by atoms with E-state index in [1.807, 2.05) is 6.92 Å². The number of nitrogens with one attached hydrogen (secondary N) is 1. The van der Waals surface area contributed by atoms with Gasteiger partial charge in [0.2, 0.25) is 11.8 Å². The minimum Gasteiger partial charge on any atom is -0.280 e. The lowest BCUT2D eigenvalue weighted by Gasteiger charge is -2.19. The quantitative estimate of drug-likeness (QED) is 0.800. The number of fused-ring (bicyclic) bond motifs is 1. The first-order valence-electron chi connectivity index (χ1n) is 9.44. The van der Waals surface area contributed by atoms with E-state index < -0.39 is 10.0 Å². The normalized spacial score (nSPS) is 22.2. The predicted molar refractivity (Wildman–Crippen MR) is 106 cm³/mol. The summed E-state index contributed by atoms with van der Waals surface area (Å²) in [5.41, 5.74) is 1.84. The highest BCUT2D eigenvalue weighted by atomic mass is 32.2. The molecular formula is C21H22N2O4S. The maximum Gasteiger partial charge on any atom is 0.261 e. The zero-order valence-electron chi connectivity index (χ0n) is 15.6. The Labute approximate surface area is 164 Å². The molecule has 1 saturated carbocycles. The van der Waals surface area contributed by atoms with Gasteiger partial charge in [0.15, 0.2) is 0 Å². The smallest absolute Gasteiger partial charge is 0.261 e. The number of hydrogen-bond acceptors (Lipinski definition) is 4. The SMILES string of the molecule is Cc1ccc(S(=O)(=O)Nc2ccc(N3C(=O)C4CCCCC4C3=O)cc2)cc1. The van der Waals surface area contributed by atoms with Gasteiger partial charge >= 0.3 is 0 Å². The molecule has 0 radical (unpaired) electrons. The Morgan fingerprint density at radius 2 is 1.39 bits per heavy atom. The van der Waals surface area contributed by atoms with Crippen LogP contribution in [0, 0.1) is 18.8 Å². The Morgan fingerprint density at radius 3 is 1.93 bits per heavy atom. The van der Waals surface area contributed by atoms with Crippen LogP contribution in [-0.4, -0.2) is 20.2 Å². The first-order chi connectivity index (χ1) is 13.4. The molecule has 1 aliphatic heterocycles. The highest BCUT2D eigenvalue weighted by Crippen LogP contribution is 2.40. The molecular weight excluding hydrogens is 376 g/mol. The van der Waals surface area contributed by atoms with E-state index in [2.05, 4.69) is 4.72 Å². The molecule has 0 bridgehead atoms. The molecule has 1 saturated heterocycles. The van der Waals surface area contributed by atoms with Crippen molar-refractivity contribution in [2.24, 2.45) is 11.8 Å². The van der Waals surface area contributed by atoms with Gasteiger partial charge in [-0.05, 0) is 56.2 Å². The minimum absolute atomic E-state index is 0.136. The number of anilines is 2. The van der Waals surface area contributed by atoms with Crippen LogP contribution in [0.4, 0.5) is 11.4 Å². The van der Waals surface area contributed by atoms with E-state index in [1.54, 1.807) is 48.5 Å². The molecule has 28 heavy (non-hydrogen) atoms. The summed E-state index contributed by atoms with van der Waals surface area (Å²) in [6.07, 6.45) is 3.49. The van der Waals surface area contributed by atoms with Gasteiger partial charge < -0.3 is 0 Å². The summed E-state index contributed by atoms with van der Waals surface area (Å²) in [4.78, 5) is 26.8. The second kappa shape index (κ2) is 7.05. The van der Waals surface area contributed by atoms with Crippen LogP contribution in [0.15, 0.2) is 53.4 Å². The topological polar surface area (TPSA) is 83.6 Å². The average Bonchev–Trinajstić information content (AvgIpc) is 2.94. The fraction of sp³-hybridized carbons (Fsp3) is 0.333. The number of nitrogens with zero attached hydrogens (tertiary/aromatic N) is 1. The van der Waals surface area contributed by atoms with Crippen molar-refractivity contribution in [2.45, 2.75) is 37.5 Å². The van der Waals surface area contributed by atoms with E-state index >= 15 is 0 Å². The summed E-state index contributed by atoms with van der Waals surface area (Å²) in [5, 5.41) is 0. The highest BCUT2D eigenvalue weighted by molar-refractivity contribution is 7.92.